The van der Waals surface area contributed by atoms with Crippen molar-refractivity contribution >= 4 is 35.0 Å². The molecule has 1 atom stereocenters. The molecule has 5 nitrogen and oxygen atoms in total. The Morgan fingerprint density at radius 3 is 2.76 bits per heavy atom. The van der Waals surface area contributed by atoms with E-state index >= 15 is 0 Å². The van der Waals surface area contributed by atoms with Gasteiger partial charge in [-0.3, -0.25) is 10.1 Å². The summed E-state index contributed by atoms with van der Waals surface area (Å²) < 4.78 is 4.91. The molecule has 1 aromatic carbocycles. The third-order valence-electron chi connectivity index (χ3n) is 2.89. The number of amides is 1. The van der Waals surface area contributed by atoms with Crippen LogP contribution in [0.15, 0.2) is 28.8 Å². The van der Waals surface area contributed by atoms with E-state index in [9.17, 15) is 4.79 Å². The van der Waals surface area contributed by atoms with Crippen molar-refractivity contribution in [2.24, 2.45) is 0 Å². The van der Waals surface area contributed by atoms with Crippen LogP contribution in [-0.2, 0) is 4.79 Å². The first kappa shape index (κ1) is 15.8. The molecule has 2 aromatic rings. The van der Waals surface area contributed by atoms with Gasteiger partial charge in [-0.05, 0) is 31.5 Å². The van der Waals surface area contributed by atoms with Crippen molar-refractivity contribution in [3.8, 4) is 0 Å². The van der Waals surface area contributed by atoms with Crippen LogP contribution >= 0.6 is 23.2 Å². The Morgan fingerprint density at radius 1 is 1.38 bits per heavy atom. The highest BCUT2D eigenvalue weighted by molar-refractivity contribution is 6.35. The number of rotatable bonds is 5. The van der Waals surface area contributed by atoms with E-state index in [-0.39, 0.29) is 18.5 Å². The first-order chi connectivity index (χ1) is 9.95. The van der Waals surface area contributed by atoms with E-state index < -0.39 is 0 Å². The summed E-state index contributed by atoms with van der Waals surface area (Å²) in [5.74, 6) is 0.111. The minimum absolute atomic E-state index is 0.0861. The van der Waals surface area contributed by atoms with Gasteiger partial charge in [0.1, 0.15) is 0 Å². The van der Waals surface area contributed by atoms with Gasteiger partial charge in [0.2, 0.25) is 11.8 Å². The number of aryl methyl sites for hydroxylation is 1. The molecule has 0 bridgehead atoms. The Labute approximate surface area is 132 Å². The lowest BCUT2D eigenvalue weighted by molar-refractivity contribution is -0.115. The molecule has 1 unspecified atom stereocenters. The number of nitrogens with zero attached hydrogens (tertiary/aromatic N) is 1. The molecule has 0 fully saturated rings. The number of carbonyl (C=O) groups is 1. The van der Waals surface area contributed by atoms with Crippen molar-refractivity contribution in [3.63, 3.8) is 0 Å². The third-order valence-corrected chi connectivity index (χ3v) is 3.45. The van der Waals surface area contributed by atoms with Crippen LogP contribution in [0.25, 0.3) is 0 Å². The molecule has 0 aliphatic heterocycles. The number of carbonyl (C=O) groups excluding carboxylic acids is 1. The maximum Gasteiger partial charge on any atom is 0.240 e. The van der Waals surface area contributed by atoms with Gasteiger partial charge in [0.05, 0.1) is 12.2 Å². The maximum atomic E-state index is 11.8. The monoisotopic (exact) mass is 327 g/mol. The topological polar surface area (TPSA) is 67.2 Å². The molecule has 1 amide bonds. The van der Waals surface area contributed by atoms with E-state index in [2.05, 4.69) is 15.8 Å². The highest BCUT2D eigenvalue weighted by atomic mass is 35.5. The molecule has 7 heteroatoms. The fourth-order valence-electron chi connectivity index (χ4n) is 1.81. The van der Waals surface area contributed by atoms with Crippen molar-refractivity contribution in [2.45, 2.75) is 19.9 Å². The standard InChI is InChI=1S/C14H15Cl2N3O2/c1-8-5-14(21-19-8)18-13(20)7-17-9(2)11-4-3-10(15)6-12(11)16/h3-6,9,17H,7H2,1-2H3,(H,18,20). The molecule has 21 heavy (non-hydrogen) atoms. The van der Waals surface area contributed by atoms with Crippen LogP contribution in [0.5, 0.6) is 0 Å². The zero-order valence-corrected chi connectivity index (χ0v) is 13.1. The number of benzene rings is 1. The van der Waals surface area contributed by atoms with Crippen molar-refractivity contribution < 1.29 is 9.32 Å². The van der Waals surface area contributed by atoms with Gasteiger partial charge in [0, 0.05) is 22.2 Å². The van der Waals surface area contributed by atoms with Crippen LogP contribution in [-0.4, -0.2) is 17.6 Å². The van der Waals surface area contributed by atoms with Crippen LogP contribution in [0, 0.1) is 6.92 Å². The SMILES string of the molecule is Cc1cc(NC(=O)CNC(C)c2ccc(Cl)cc2Cl)on1. The molecule has 2 N–H and O–H groups in total. The number of anilines is 1. The van der Waals surface area contributed by atoms with Crippen molar-refractivity contribution in [1.82, 2.24) is 10.5 Å². The van der Waals surface area contributed by atoms with Gasteiger partial charge in [-0.1, -0.05) is 34.4 Å². The molecular weight excluding hydrogens is 313 g/mol. The predicted octanol–water partition coefficient (Wildman–Crippen LogP) is 3.58. The highest BCUT2D eigenvalue weighted by Crippen LogP contribution is 2.25. The van der Waals surface area contributed by atoms with Crippen LogP contribution in [0.4, 0.5) is 5.88 Å². The summed E-state index contributed by atoms with van der Waals surface area (Å²) in [6.45, 7) is 3.82. The molecule has 0 aliphatic carbocycles. The summed E-state index contributed by atoms with van der Waals surface area (Å²) in [6, 6.07) is 6.83. The summed E-state index contributed by atoms with van der Waals surface area (Å²) in [4.78, 5) is 11.8. The lowest BCUT2D eigenvalue weighted by Gasteiger charge is -2.15. The lowest BCUT2D eigenvalue weighted by Crippen LogP contribution is -2.30. The number of nitrogens with one attached hydrogen (secondary N) is 2. The van der Waals surface area contributed by atoms with Crippen LogP contribution < -0.4 is 10.6 Å². The predicted molar refractivity (Wildman–Crippen MR) is 82.7 cm³/mol. The number of hydrogen-bond donors (Lipinski definition) is 2. The quantitative estimate of drug-likeness (QED) is 0.880. The van der Waals surface area contributed by atoms with Gasteiger partial charge in [0.15, 0.2) is 0 Å². The highest BCUT2D eigenvalue weighted by Gasteiger charge is 2.12. The van der Waals surface area contributed by atoms with Crippen molar-refractivity contribution in [2.75, 3.05) is 11.9 Å². The average Bonchev–Trinajstić information content (AvgIpc) is 2.81. The van der Waals surface area contributed by atoms with E-state index in [0.717, 1.165) is 5.56 Å². The van der Waals surface area contributed by atoms with Gasteiger partial charge >= 0.3 is 0 Å². The summed E-state index contributed by atoms with van der Waals surface area (Å²) in [7, 11) is 0. The van der Waals surface area contributed by atoms with Crippen LogP contribution in [0.1, 0.15) is 24.2 Å². The van der Waals surface area contributed by atoms with Gasteiger partial charge in [-0.15, -0.1) is 0 Å². The first-order valence-corrected chi connectivity index (χ1v) is 7.13. The lowest BCUT2D eigenvalue weighted by atomic mass is 10.1. The minimum atomic E-state index is -0.219. The van der Waals surface area contributed by atoms with Crippen molar-refractivity contribution in [3.05, 3.63) is 45.6 Å². The maximum absolute atomic E-state index is 11.8. The Hall–Kier alpha value is -1.56. The molecule has 0 aliphatic rings. The smallest absolute Gasteiger partial charge is 0.240 e. The molecule has 112 valence electrons. The Morgan fingerprint density at radius 2 is 2.14 bits per heavy atom. The Bertz CT molecular complexity index is 643. The number of aromatic nitrogens is 1. The first-order valence-electron chi connectivity index (χ1n) is 6.37. The summed E-state index contributed by atoms with van der Waals surface area (Å²) >= 11 is 12.0. The second-order valence-corrected chi connectivity index (χ2v) is 5.49. The molecule has 2 rings (SSSR count). The molecule has 1 aromatic heterocycles. The van der Waals surface area contributed by atoms with Crippen LogP contribution in [0.3, 0.4) is 0 Å². The summed E-state index contributed by atoms with van der Waals surface area (Å²) in [5, 5.41) is 10.5. The largest absolute Gasteiger partial charge is 0.338 e. The second-order valence-electron chi connectivity index (χ2n) is 4.65. The van der Waals surface area contributed by atoms with Crippen LogP contribution in [0.2, 0.25) is 10.0 Å². The third kappa shape index (κ3) is 4.46. The molecular formula is C14H15Cl2N3O2. The molecule has 0 spiro atoms. The van der Waals surface area contributed by atoms with E-state index in [0.29, 0.717) is 21.6 Å². The summed E-state index contributed by atoms with van der Waals surface area (Å²) in [5.41, 5.74) is 1.59. The Balaban J connectivity index is 1.88. The fraction of sp³-hybridized carbons (Fsp3) is 0.286. The number of halogens is 2. The van der Waals surface area contributed by atoms with E-state index in [4.69, 9.17) is 27.7 Å². The van der Waals surface area contributed by atoms with Crippen molar-refractivity contribution in [1.29, 1.82) is 0 Å². The fourth-order valence-corrected chi connectivity index (χ4v) is 2.38. The molecule has 1 heterocycles. The van der Waals surface area contributed by atoms with E-state index in [1.54, 1.807) is 25.1 Å². The van der Waals surface area contributed by atoms with Gasteiger partial charge in [-0.25, -0.2) is 0 Å². The average molecular weight is 328 g/mol. The minimum Gasteiger partial charge on any atom is -0.338 e. The van der Waals surface area contributed by atoms with E-state index in [1.807, 2.05) is 13.0 Å². The number of hydrogen-bond acceptors (Lipinski definition) is 4. The van der Waals surface area contributed by atoms with Gasteiger partial charge in [0.25, 0.3) is 0 Å². The molecule has 0 saturated heterocycles. The zero-order chi connectivity index (χ0) is 15.4. The summed E-state index contributed by atoms with van der Waals surface area (Å²) in [6.07, 6.45) is 0. The second kappa shape index (κ2) is 6.93. The van der Waals surface area contributed by atoms with Gasteiger partial charge in [-0.2, -0.15) is 0 Å². The molecule has 0 saturated carbocycles. The zero-order valence-electron chi connectivity index (χ0n) is 11.6. The van der Waals surface area contributed by atoms with E-state index in [1.165, 1.54) is 0 Å². The Kier molecular flexibility index (Phi) is 5.22. The molecule has 0 radical (unpaired) electrons. The normalized spacial score (nSPS) is 12.2. The van der Waals surface area contributed by atoms with Gasteiger partial charge < -0.3 is 9.84 Å².